The number of fused-ring (bicyclic) bond motifs is 1. The first-order valence-electron chi connectivity index (χ1n) is 10.3. The Morgan fingerprint density at radius 3 is 2.27 bits per heavy atom. The molecule has 0 unspecified atom stereocenters. The number of hydrogen-bond donors (Lipinski definition) is 2. The van der Waals surface area contributed by atoms with Gasteiger partial charge in [-0.1, -0.05) is 25.1 Å². The first-order chi connectivity index (χ1) is 16.0. The van der Waals surface area contributed by atoms with E-state index in [0.717, 1.165) is 17.6 Å². The van der Waals surface area contributed by atoms with E-state index in [1.807, 2.05) is 30.3 Å². The summed E-state index contributed by atoms with van der Waals surface area (Å²) in [4.78, 5) is 14.4. The van der Waals surface area contributed by atoms with Crippen LogP contribution in [0.3, 0.4) is 0 Å². The van der Waals surface area contributed by atoms with E-state index in [1.165, 1.54) is 19.8 Å². The van der Waals surface area contributed by atoms with Gasteiger partial charge in [0.1, 0.15) is 28.1 Å². The van der Waals surface area contributed by atoms with Crippen molar-refractivity contribution in [3.8, 4) is 17.2 Å². The van der Waals surface area contributed by atoms with Crippen LogP contribution in [0.2, 0.25) is 0 Å². The third-order valence-electron chi connectivity index (χ3n) is 5.10. The molecule has 2 N–H and O–H groups in total. The van der Waals surface area contributed by atoms with Crippen LogP contribution in [0, 0.1) is 0 Å². The fourth-order valence-corrected chi connectivity index (χ4v) is 3.59. The number of carbonyl (C=O) groups is 1. The van der Waals surface area contributed by atoms with Gasteiger partial charge >= 0.3 is 0 Å². The average molecular weight is 462 g/mol. The Bertz CT molecular complexity index is 1300. The Hall–Kier alpha value is -3.98. The molecule has 0 atom stereocenters. The lowest BCUT2D eigenvalue weighted by atomic mass is 10.1. The average Bonchev–Trinajstić information content (AvgIpc) is 3.26. The van der Waals surface area contributed by atoms with Crippen molar-refractivity contribution in [1.29, 1.82) is 0 Å². The van der Waals surface area contributed by atoms with E-state index in [-0.39, 0.29) is 10.7 Å². The second-order valence-corrected chi connectivity index (χ2v) is 7.57. The van der Waals surface area contributed by atoms with Gasteiger partial charge in [0.15, 0.2) is 5.11 Å². The first kappa shape index (κ1) is 22.2. The molecule has 0 fully saturated rings. The van der Waals surface area contributed by atoms with Gasteiger partial charge in [-0.15, -0.1) is 10.2 Å². The van der Waals surface area contributed by atoms with E-state index in [2.05, 4.69) is 39.9 Å². The zero-order chi connectivity index (χ0) is 23.4. The van der Waals surface area contributed by atoms with Crippen molar-refractivity contribution in [3.63, 3.8) is 0 Å². The third-order valence-corrected chi connectivity index (χ3v) is 5.30. The van der Waals surface area contributed by atoms with E-state index in [9.17, 15) is 4.79 Å². The van der Waals surface area contributed by atoms with Crippen LogP contribution >= 0.6 is 12.2 Å². The zero-order valence-corrected chi connectivity index (χ0v) is 19.3. The van der Waals surface area contributed by atoms with E-state index < -0.39 is 5.91 Å². The maximum Gasteiger partial charge on any atom is 0.264 e. The van der Waals surface area contributed by atoms with Crippen molar-refractivity contribution in [2.45, 2.75) is 13.3 Å². The SMILES string of the molecule is CCc1ccc(-n2nc3ccc(NC(=S)NC(=O)c4c(OC)cccc4OC)cc3n2)cc1. The molecule has 9 heteroatoms. The Morgan fingerprint density at radius 2 is 1.64 bits per heavy atom. The number of amides is 1. The Balaban J connectivity index is 1.50. The summed E-state index contributed by atoms with van der Waals surface area (Å²) < 4.78 is 10.6. The lowest BCUT2D eigenvalue weighted by Crippen LogP contribution is -2.34. The van der Waals surface area contributed by atoms with Crippen LogP contribution in [-0.4, -0.2) is 40.2 Å². The number of benzene rings is 3. The number of methoxy groups -OCH3 is 2. The van der Waals surface area contributed by atoms with E-state index >= 15 is 0 Å². The van der Waals surface area contributed by atoms with Gasteiger partial charge in [-0.25, -0.2) is 0 Å². The molecule has 0 bridgehead atoms. The van der Waals surface area contributed by atoms with Crippen molar-refractivity contribution in [2.24, 2.45) is 0 Å². The molecular formula is C24H23N5O3S. The molecule has 0 saturated heterocycles. The minimum absolute atomic E-state index is 0.134. The Morgan fingerprint density at radius 1 is 0.970 bits per heavy atom. The number of hydrogen-bond acceptors (Lipinski definition) is 6. The Labute approximate surface area is 196 Å². The third kappa shape index (κ3) is 4.78. The van der Waals surface area contributed by atoms with Crippen LogP contribution in [0.1, 0.15) is 22.8 Å². The number of nitrogens with zero attached hydrogens (tertiary/aromatic N) is 3. The second-order valence-electron chi connectivity index (χ2n) is 7.16. The molecule has 8 nitrogen and oxygen atoms in total. The predicted octanol–water partition coefficient (Wildman–Crippen LogP) is 4.13. The van der Waals surface area contributed by atoms with Crippen molar-refractivity contribution in [3.05, 3.63) is 71.8 Å². The van der Waals surface area contributed by atoms with E-state index in [4.69, 9.17) is 21.7 Å². The van der Waals surface area contributed by atoms with Crippen LogP contribution in [0.5, 0.6) is 11.5 Å². The maximum atomic E-state index is 12.8. The lowest BCUT2D eigenvalue weighted by Gasteiger charge is -2.14. The second kappa shape index (κ2) is 9.66. The topological polar surface area (TPSA) is 90.3 Å². The first-order valence-corrected chi connectivity index (χ1v) is 10.7. The molecule has 1 heterocycles. The Kier molecular flexibility index (Phi) is 6.50. The number of ether oxygens (including phenoxy) is 2. The summed E-state index contributed by atoms with van der Waals surface area (Å²) in [7, 11) is 2.98. The molecule has 4 aromatic rings. The van der Waals surface area contributed by atoms with Gasteiger partial charge in [-0.3, -0.25) is 10.1 Å². The quantitative estimate of drug-likeness (QED) is 0.417. The largest absolute Gasteiger partial charge is 0.496 e. The number of thiocarbonyl (C=S) groups is 1. The van der Waals surface area contributed by atoms with Gasteiger partial charge in [0.05, 0.1) is 19.9 Å². The molecule has 4 rings (SSSR count). The molecule has 3 aromatic carbocycles. The van der Waals surface area contributed by atoms with Crippen molar-refractivity contribution >= 4 is 40.0 Å². The predicted molar refractivity (Wildman–Crippen MR) is 131 cm³/mol. The standard InChI is InChI=1S/C24H23N5O3S/c1-4-15-8-11-17(12-9-15)29-27-18-13-10-16(14-19(18)28-29)25-24(33)26-23(30)22-20(31-2)6-5-7-21(22)32-3/h5-14H,4H2,1-3H3,(H2,25,26,30,33). The van der Waals surface area contributed by atoms with Crippen molar-refractivity contribution < 1.29 is 14.3 Å². The van der Waals surface area contributed by atoms with Gasteiger partial charge in [0.25, 0.3) is 5.91 Å². The number of carbonyl (C=O) groups excluding carboxylic acids is 1. The highest BCUT2D eigenvalue weighted by atomic mass is 32.1. The van der Waals surface area contributed by atoms with Gasteiger partial charge in [-0.2, -0.15) is 4.80 Å². The maximum absolute atomic E-state index is 12.8. The number of rotatable bonds is 6. The van der Waals surface area contributed by atoms with Gasteiger partial charge in [-0.05, 0) is 66.7 Å². The number of aryl methyl sites for hydroxylation is 1. The molecule has 1 amide bonds. The van der Waals surface area contributed by atoms with Crippen molar-refractivity contribution in [2.75, 3.05) is 19.5 Å². The summed E-state index contributed by atoms with van der Waals surface area (Å²) in [6.07, 6.45) is 0.976. The summed E-state index contributed by atoms with van der Waals surface area (Å²) in [5, 5.41) is 14.9. The molecule has 33 heavy (non-hydrogen) atoms. The van der Waals surface area contributed by atoms with E-state index in [1.54, 1.807) is 23.0 Å². The number of aromatic nitrogens is 3. The number of nitrogens with one attached hydrogen (secondary N) is 2. The molecule has 1 aromatic heterocycles. The van der Waals surface area contributed by atoms with Gasteiger partial charge in [0.2, 0.25) is 0 Å². The molecule has 168 valence electrons. The van der Waals surface area contributed by atoms with Crippen LogP contribution in [-0.2, 0) is 6.42 Å². The molecule has 0 saturated carbocycles. The minimum Gasteiger partial charge on any atom is -0.496 e. The van der Waals surface area contributed by atoms with E-state index in [0.29, 0.717) is 22.7 Å². The summed E-state index contributed by atoms with van der Waals surface area (Å²) >= 11 is 5.33. The zero-order valence-electron chi connectivity index (χ0n) is 18.5. The molecule has 0 spiro atoms. The molecule has 0 radical (unpaired) electrons. The summed E-state index contributed by atoms with van der Waals surface area (Å²) in [6.45, 7) is 2.11. The highest BCUT2D eigenvalue weighted by Crippen LogP contribution is 2.28. The normalized spacial score (nSPS) is 10.6. The number of anilines is 1. The molecule has 0 aliphatic heterocycles. The minimum atomic E-state index is -0.440. The highest BCUT2D eigenvalue weighted by Gasteiger charge is 2.19. The fraction of sp³-hybridized carbons (Fsp3) is 0.167. The highest BCUT2D eigenvalue weighted by molar-refractivity contribution is 7.80. The van der Waals surface area contributed by atoms with Crippen LogP contribution in [0.4, 0.5) is 5.69 Å². The van der Waals surface area contributed by atoms with Gasteiger partial charge in [0, 0.05) is 5.69 Å². The smallest absolute Gasteiger partial charge is 0.264 e. The fourth-order valence-electron chi connectivity index (χ4n) is 3.38. The van der Waals surface area contributed by atoms with Crippen molar-refractivity contribution in [1.82, 2.24) is 20.3 Å². The van der Waals surface area contributed by atoms with Crippen LogP contribution < -0.4 is 20.1 Å². The van der Waals surface area contributed by atoms with Crippen LogP contribution in [0.25, 0.3) is 16.7 Å². The molecule has 0 aliphatic carbocycles. The van der Waals surface area contributed by atoms with Gasteiger partial charge < -0.3 is 14.8 Å². The molecule has 0 aliphatic rings. The molecular weight excluding hydrogens is 438 g/mol. The summed E-state index contributed by atoms with van der Waals surface area (Å²) in [5.41, 5.74) is 4.51. The lowest BCUT2D eigenvalue weighted by molar-refractivity contribution is 0.0971. The summed E-state index contributed by atoms with van der Waals surface area (Å²) in [5.74, 6) is 0.337. The monoisotopic (exact) mass is 461 g/mol. The summed E-state index contributed by atoms with van der Waals surface area (Å²) in [6, 6.07) is 18.7. The van der Waals surface area contributed by atoms with Crippen LogP contribution in [0.15, 0.2) is 60.7 Å².